The number of anilines is 1. The van der Waals surface area contributed by atoms with Gasteiger partial charge in [0.2, 0.25) is 17.7 Å². The van der Waals surface area contributed by atoms with E-state index in [-0.39, 0.29) is 17.8 Å². The number of fused-ring (bicyclic) bond motifs is 2. The van der Waals surface area contributed by atoms with Crippen molar-refractivity contribution in [2.24, 2.45) is 0 Å². The Morgan fingerprint density at radius 3 is 2.11 bits per heavy atom. The lowest BCUT2D eigenvalue weighted by Gasteiger charge is -2.25. The number of aromatic amines is 1. The van der Waals surface area contributed by atoms with Gasteiger partial charge in [-0.05, 0) is 65.2 Å². The molecular formula is C38H33ClF3N5O8. The van der Waals surface area contributed by atoms with Crippen LogP contribution in [0.4, 0.5) is 18.9 Å². The number of aromatic nitrogens is 1. The second-order valence-electron chi connectivity index (χ2n) is 12.5. The summed E-state index contributed by atoms with van der Waals surface area (Å²) in [4.78, 5) is 80.3. The number of hydrogen-bond donors (Lipinski definition) is 7. The lowest BCUT2D eigenvalue weighted by atomic mass is 10.0. The van der Waals surface area contributed by atoms with Gasteiger partial charge in [0.1, 0.15) is 23.8 Å². The zero-order valence-electron chi connectivity index (χ0n) is 28.6. The van der Waals surface area contributed by atoms with Crippen LogP contribution in [0.5, 0.6) is 0 Å². The summed E-state index contributed by atoms with van der Waals surface area (Å²) >= 11 is 6.08. The maximum atomic E-state index is 13.9. The minimum Gasteiger partial charge on any atom is -0.481 e. The highest BCUT2D eigenvalue weighted by Gasteiger charge is 2.33. The molecule has 4 aromatic carbocycles. The van der Waals surface area contributed by atoms with Crippen molar-refractivity contribution in [2.45, 2.75) is 50.0 Å². The number of benzene rings is 4. The van der Waals surface area contributed by atoms with Crippen molar-refractivity contribution in [3.05, 3.63) is 113 Å². The Morgan fingerprint density at radius 1 is 0.691 bits per heavy atom. The quantitative estimate of drug-likeness (QED) is 0.0742. The molecule has 0 fully saturated rings. The van der Waals surface area contributed by atoms with Crippen molar-refractivity contribution in [3.8, 4) is 0 Å². The number of rotatable bonds is 15. The van der Waals surface area contributed by atoms with Crippen molar-refractivity contribution in [1.29, 1.82) is 0 Å². The highest BCUT2D eigenvalue weighted by molar-refractivity contribution is 6.31. The average molecular weight is 780 g/mol. The maximum absolute atomic E-state index is 13.9. The van der Waals surface area contributed by atoms with Crippen molar-refractivity contribution >= 4 is 74.5 Å². The molecule has 286 valence electrons. The molecule has 55 heavy (non-hydrogen) atoms. The lowest BCUT2D eigenvalue weighted by molar-refractivity contribution is -0.141. The molecule has 0 bridgehead atoms. The van der Waals surface area contributed by atoms with E-state index in [4.69, 9.17) is 11.6 Å². The van der Waals surface area contributed by atoms with Gasteiger partial charge in [-0.25, -0.2) is 0 Å². The van der Waals surface area contributed by atoms with E-state index in [1.54, 1.807) is 30.3 Å². The molecule has 0 unspecified atom stereocenters. The summed E-state index contributed by atoms with van der Waals surface area (Å²) in [5.74, 6) is -6.91. The molecule has 5 aromatic rings. The zero-order chi connectivity index (χ0) is 39.9. The summed E-state index contributed by atoms with van der Waals surface area (Å²) in [6.45, 7) is 0. The van der Waals surface area contributed by atoms with E-state index in [1.165, 1.54) is 6.07 Å². The fourth-order valence-electron chi connectivity index (χ4n) is 5.74. The molecular weight excluding hydrogens is 747 g/mol. The first-order valence-electron chi connectivity index (χ1n) is 16.6. The van der Waals surface area contributed by atoms with Gasteiger partial charge in [-0.3, -0.25) is 28.8 Å². The standard InChI is InChI=1S/C38H33ClF3N5O8/c39-25-10-11-27-23(16-25)17-30(44-27)36(54)46-29(15-20-8-9-21-4-1-2-5-22(21)14-20)35(53)47-31(19-33(50)51)37(55)45-28(12-13-32(48)49)34(52)43-26-7-3-6-24(18-26)38(40,41)42/h1-11,14,16-18,28-29,31,44H,12-13,15,19H2,(H,43,52)(H,45,55)(H,46,54)(H,47,53)(H,48,49)(H,50,51)/t28-,29-,31-/m0/s1. The van der Waals surface area contributed by atoms with Gasteiger partial charge in [-0.1, -0.05) is 60.1 Å². The molecule has 0 aliphatic rings. The van der Waals surface area contributed by atoms with E-state index in [2.05, 4.69) is 26.3 Å². The first kappa shape index (κ1) is 39.8. The molecule has 5 rings (SSSR count). The van der Waals surface area contributed by atoms with E-state index < -0.39 is 84.7 Å². The molecule has 0 spiro atoms. The minimum absolute atomic E-state index is 0.0708. The number of amides is 4. The molecule has 1 aromatic heterocycles. The molecule has 0 saturated heterocycles. The van der Waals surface area contributed by atoms with Gasteiger partial charge in [-0.15, -0.1) is 0 Å². The predicted molar refractivity (Wildman–Crippen MR) is 195 cm³/mol. The SMILES string of the molecule is O=C(O)CC[C@H](NC(=O)[C@H](CC(=O)O)NC(=O)[C@H](Cc1ccc2ccccc2c1)NC(=O)c1cc2cc(Cl)ccc2[nH]1)C(=O)Nc1cccc(C(F)(F)F)c1. The van der Waals surface area contributed by atoms with Crippen LogP contribution in [0.1, 0.15) is 40.9 Å². The number of halogens is 4. The molecule has 7 N–H and O–H groups in total. The first-order chi connectivity index (χ1) is 26.0. The van der Waals surface area contributed by atoms with Crippen molar-refractivity contribution < 1.29 is 52.2 Å². The zero-order valence-corrected chi connectivity index (χ0v) is 29.3. The van der Waals surface area contributed by atoms with E-state index >= 15 is 0 Å². The third-order valence-electron chi connectivity index (χ3n) is 8.45. The number of carboxylic acids is 2. The van der Waals surface area contributed by atoms with E-state index in [0.29, 0.717) is 27.6 Å². The number of hydrogen-bond acceptors (Lipinski definition) is 6. The van der Waals surface area contributed by atoms with Crippen LogP contribution >= 0.6 is 11.6 Å². The largest absolute Gasteiger partial charge is 0.481 e. The Morgan fingerprint density at radius 2 is 1.40 bits per heavy atom. The number of carboxylic acid groups (broad SMARTS) is 2. The monoisotopic (exact) mass is 779 g/mol. The second-order valence-corrected chi connectivity index (χ2v) is 13.0. The van der Waals surface area contributed by atoms with Crippen LogP contribution in [-0.2, 0) is 36.6 Å². The summed E-state index contributed by atoms with van der Waals surface area (Å²) in [6, 6.07) is 17.8. The topological polar surface area (TPSA) is 207 Å². The summed E-state index contributed by atoms with van der Waals surface area (Å²) in [5.41, 5.74) is -0.142. The van der Waals surface area contributed by atoms with Gasteiger partial charge < -0.3 is 36.5 Å². The fourth-order valence-corrected chi connectivity index (χ4v) is 5.92. The highest BCUT2D eigenvalue weighted by Crippen LogP contribution is 2.31. The van der Waals surface area contributed by atoms with Crippen LogP contribution in [-0.4, -0.2) is 68.9 Å². The van der Waals surface area contributed by atoms with Crippen LogP contribution in [0.25, 0.3) is 21.7 Å². The molecule has 4 amide bonds. The van der Waals surface area contributed by atoms with Crippen LogP contribution in [0.15, 0.2) is 91.0 Å². The molecule has 3 atom stereocenters. The van der Waals surface area contributed by atoms with Gasteiger partial charge in [0.15, 0.2) is 0 Å². The first-order valence-corrected chi connectivity index (χ1v) is 17.0. The number of aliphatic carboxylic acids is 2. The Bertz CT molecular complexity index is 2280. The van der Waals surface area contributed by atoms with Gasteiger partial charge in [0.25, 0.3) is 5.91 Å². The number of alkyl halides is 3. The fraction of sp³-hybridized carbons (Fsp3) is 0.211. The normalized spacial score (nSPS) is 13.0. The van der Waals surface area contributed by atoms with Crippen LogP contribution < -0.4 is 21.3 Å². The Hall–Kier alpha value is -6.42. The van der Waals surface area contributed by atoms with Crippen molar-refractivity contribution in [2.75, 3.05) is 5.32 Å². The number of carbonyl (C=O) groups excluding carboxylic acids is 4. The third-order valence-corrected chi connectivity index (χ3v) is 8.69. The molecule has 0 aliphatic heterocycles. The lowest BCUT2D eigenvalue weighted by Crippen LogP contribution is -2.57. The Balaban J connectivity index is 1.38. The van der Waals surface area contributed by atoms with E-state index in [0.717, 1.165) is 29.0 Å². The Labute approximate surface area is 315 Å². The van der Waals surface area contributed by atoms with Crippen LogP contribution in [0.3, 0.4) is 0 Å². The summed E-state index contributed by atoms with van der Waals surface area (Å²) in [7, 11) is 0. The molecule has 0 saturated carbocycles. The summed E-state index contributed by atoms with van der Waals surface area (Å²) < 4.78 is 39.8. The molecule has 0 aliphatic carbocycles. The van der Waals surface area contributed by atoms with Gasteiger partial charge in [0, 0.05) is 34.5 Å². The number of carbonyl (C=O) groups is 6. The maximum Gasteiger partial charge on any atom is 0.416 e. The molecule has 0 radical (unpaired) electrons. The van der Waals surface area contributed by atoms with Gasteiger partial charge >= 0.3 is 18.1 Å². The average Bonchev–Trinajstić information content (AvgIpc) is 3.55. The van der Waals surface area contributed by atoms with Crippen molar-refractivity contribution in [3.63, 3.8) is 0 Å². The summed E-state index contributed by atoms with van der Waals surface area (Å²) in [5, 5.41) is 31.1. The van der Waals surface area contributed by atoms with E-state index in [9.17, 15) is 52.2 Å². The highest BCUT2D eigenvalue weighted by atomic mass is 35.5. The van der Waals surface area contributed by atoms with Crippen molar-refractivity contribution in [1.82, 2.24) is 20.9 Å². The smallest absolute Gasteiger partial charge is 0.416 e. The van der Waals surface area contributed by atoms with Gasteiger partial charge in [0.05, 0.1) is 12.0 Å². The van der Waals surface area contributed by atoms with Crippen LogP contribution in [0, 0.1) is 0 Å². The van der Waals surface area contributed by atoms with E-state index in [1.807, 2.05) is 30.3 Å². The third kappa shape index (κ3) is 10.8. The molecule has 1 heterocycles. The molecule has 13 nitrogen and oxygen atoms in total. The Kier molecular flexibility index (Phi) is 12.4. The number of nitrogens with one attached hydrogen (secondary N) is 5. The second kappa shape index (κ2) is 17.2. The molecule has 17 heteroatoms. The predicted octanol–water partition coefficient (Wildman–Crippen LogP) is 5.28. The number of H-pyrrole nitrogens is 1. The minimum atomic E-state index is -4.74. The van der Waals surface area contributed by atoms with Crippen LogP contribution in [0.2, 0.25) is 5.02 Å². The summed E-state index contributed by atoms with van der Waals surface area (Å²) in [6.07, 6.45) is -7.07. The van der Waals surface area contributed by atoms with Gasteiger partial charge in [-0.2, -0.15) is 13.2 Å².